The van der Waals surface area contributed by atoms with Crippen molar-refractivity contribution >= 4 is 92.2 Å². The fourth-order valence-corrected chi connectivity index (χ4v) is 13.4. The van der Waals surface area contributed by atoms with E-state index in [9.17, 15) is 51.6 Å². The summed E-state index contributed by atoms with van der Waals surface area (Å²) >= 11 is 6.96. The smallest absolute Gasteiger partial charge is 0.407 e. The van der Waals surface area contributed by atoms with Crippen molar-refractivity contribution in [2.24, 2.45) is 16.5 Å². The first-order valence-electron chi connectivity index (χ1n) is 32.4. The van der Waals surface area contributed by atoms with Crippen LogP contribution in [0.4, 0.5) is 9.59 Å². The molecule has 0 aromatic heterocycles. The number of hydrogen-bond donors (Lipinski definition) is 9. The summed E-state index contributed by atoms with van der Waals surface area (Å²) in [4.78, 5) is 127. The van der Waals surface area contributed by atoms with E-state index < -0.39 is 129 Å². The zero-order chi connectivity index (χ0) is 72.3. The highest BCUT2D eigenvalue weighted by molar-refractivity contribution is 8.13. The number of ether oxygens (including phenoxy) is 5. The maximum atomic E-state index is 14.8. The summed E-state index contributed by atoms with van der Waals surface area (Å²) in [5, 5.41) is 15.4. The molecule has 534 valence electrons. The van der Waals surface area contributed by atoms with Gasteiger partial charge in [0.1, 0.15) is 54.3 Å². The molecule has 29 heteroatoms. The molecule has 1 heterocycles. The molecular weight excluding hydrogens is 1320 g/mol. The van der Waals surface area contributed by atoms with Crippen molar-refractivity contribution in [1.29, 1.82) is 0 Å². The minimum atomic E-state index is -4.31. The molecule has 4 aromatic rings. The predicted molar refractivity (Wildman–Crippen MR) is 371 cm³/mol. The number of unbranched alkanes of at least 4 members (excludes halogenated alkanes) is 1. The molecule has 1 aliphatic heterocycles. The van der Waals surface area contributed by atoms with Gasteiger partial charge in [-0.1, -0.05) is 90.1 Å². The topological polar surface area (TPSA) is 383 Å². The summed E-state index contributed by atoms with van der Waals surface area (Å²) in [6.07, 6.45) is -1.21. The van der Waals surface area contributed by atoms with Gasteiger partial charge in [-0.05, 0) is 172 Å². The largest absolute Gasteiger partial charge is 0.487 e. The summed E-state index contributed by atoms with van der Waals surface area (Å²) in [6.45, 7) is 17.5. The Balaban J connectivity index is 1.22. The van der Waals surface area contributed by atoms with Crippen molar-refractivity contribution in [2.45, 2.75) is 192 Å². The Morgan fingerprint density at radius 2 is 1.30 bits per heavy atom. The zero-order valence-corrected chi connectivity index (χ0v) is 59.8. The first-order chi connectivity index (χ1) is 46.0. The van der Waals surface area contributed by atoms with Crippen molar-refractivity contribution in [3.63, 3.8) is 0 Å². The van der Waals surface area contributed by atoms with Crippen molar-refractivity contribution in [2.75, 3.05) is 38.6 Å². The highest BCUT2D eigenvalue weighted by Gasteiger charge is 2.37. The minimum absolute atomic E-state index is 0.0251. The second kappa shape index (κ2) is 35.3. The van der Waals surface area contributed by atoms with E-state index >= 15 is 0 Å². The number of sulfonamides is 1. The number of carbonyl (C=O) groups excluding carboxylic acids is 9. The number of esters is 1. The molecule has 6 rings (SSSR count). The van der Waals surface area contributed by atoms with Crippen LogP contribution in [0, 0.1) is 20.8 Å². The van der Waals surface area contributed by atoms with Crippen molar-refractivity contribution in [1.82, 2.24) is 36.6 Å². The summed E-state index contributed by atoms with van der Waals surface area (Å²) in [5.41, 5.74) is 15.8. The van der Waals surface area contributed by atoms with Crippen LogP contribution in [0.2, 0.25) is 5.02 Å². The molecule has 2 aliphatic rings. The molecule has 0 saturated heterocycles. The van der Waals surface area contributed by atoms with Crippen molar-refractivity contribution in [3.05, 3.63) is 117 Å². The number of halogens is 1. The average Bonchev–Trinajstić information content (AvgIpc) is 0.922. The number of nitrogens with zero attached hydrogens (tertiary/aromatic N) is 1. The van der Waals surface area contributed by atoms with Crippen LogP contribution < -0.4 is 52.8 Å². The van der Waals surface area contributed by atoms with Crippen molar-refractivity contribution < 1.29 is 75.3 Å². The fraction of sp³-hybridized carbons (Fsp3) is 0.507. The van der Waals surface area contributed by atoms with Gasteiger partial charge in [0, 0.05) is 41.8 Å². The lowest BCUT2D eigenvalue weighted by molar-refractivity contribution is -0.156. The molecule has 98 heavy (non-hydrogen) atoms. The maximum Gasteiger partial charge on any atom is 0.407 e. The van der Waals surface area contributed by atoms with Gasteiger partial charge in [0.05, 0.1) is 30.1 Å². The van der Waals surface area contributed by atoms with E-state index in [2.05, 4.69) is 41.6 Å². The molecular formula is C69H93ClN10O16S2. The quantitative estimate of drug-likeness (QED) is 0.00781. The number of rotatable bonds is 32. The average molecular weight is 1420 g/mol. The lowest BCUT2D eigenvalue weighted by Gasteiger charge is -2.35. The van der Waals surface area contributed by atoms with Gasteiger partial charge < -0.3 is 67.1 Å². The van der Waals surface area contributed by atoms with Crippen LogP contribution in [0.3, 0.4) is 0 Å². The molecule has 7 amide bonds. The normalized spacial score (nSPS) is 14.6. The molecule has 11 N–H and O–H groups in total. The third kappa shape index (κ3) is 23.9. The highest BCUT2D eigenvalue weighted by Crippen LogP contribution is 2.45. The van der Waals surface area contributed by atoms with E-state index in [1.807, 2.05) is 62.4 Å². The number of hydrogen-bond acceptors (Lipinski definition) is 18. The summed E-state index contributed by atoms with van der Waals surface area (Å²) in [6, 6.07) is 16.0. The Bertz CT molecular complexity index is 3680. The van der Waals surface area contributed by atoms with Crippen LogP contribution in [-0.4, -0.2) is 147 Å². The van der Waals surface area contributed by atoms with E-state index in [1.165, 1.54) is 0 Å². The number of primary amides is 1. The number of alkyl carbamates (subject to hydrolysis) is 2. The van der Waals surface area contributed by atoms with Gasteiger partial charge in [0.25, 0.3) is 10.0 Å². The Morgan fingerprint density at radius 1 is 0.704 bits per heavy atom. The van der Waals surface area contributed by atoms with Crippen molar-refractivity contribution in [3.8, 4) is 16.9 Å². The summed E-state index contributed by atoms with van der Waals surface area (Å²) in [5.74, 6) is -5.68. The van der Waals surface area contributed by atoms with Gasteiger partial charge >= 0.3 is 18.2 Å². The van der Waals surface area contributed by atoms with Crippen LogP contribution in [0.5, 0.6) is 5.75 Å². The van der Waals surface area contributed by atoms with Gasteiger partial charge in [-0.15, -0.1) is 0 Å². The zero-order valence-electron chi connectivity index (χ0n) is 57.5. The first kappa shape index (κ1) is 78.5. The number of fused-ring (bicyclic) bond motifs is 4. The fourth-order valence-electron chi connectivity index (χ4n) is 11.0. The van der Waals surface area contributed by atoms with Gasteiger partial charge in [-0.2, -0.15) is 0 Å². The second-order valence-electron chi connectivity index (χ2n) is 26.6. The Labute approximate surface area is 582 Å². The van der Waals surface area contributed by atoms with E-state index in [0.29, 0.717) is 45.9 Å². The van der Waals surface area contributed by atoms with Gasteiger partial charge in [0.2, 0.25) is 40.6 Å². The lowest BCUT2D eigenvalue weighted by Crippen LogP contribution is -2.60. The van der Waals surface area contributed by atoms with Gasteiger partial charge in [-0.3, -0.25) is 38.6 Å². The summed E-state index contributed by atoms with van der Waals surface area (Å²) in [7, 11) is -4.31. The number of amides is 7. The molecule has 0 saturated carbocycles. The SMILES string of the molecule is Cc1c(C)c(S(=O)(=O)NC(N)=NCCC[C@H](NC(=O)[C@H](CC(=O)OC(C)(C)C)NC(=O)[C@H](COC(C)(C)C)NC(=O)[C@H](CCCCNC(=O)OCc2ccccc2Cl)NC(=O)OCC2c3ccccc3-c3ccccc32)C(=O)NCC(=O)SCCC(N)=O)c(C)c2c1OC(C)(C)CC2. The third-order valence-electron chi connectivity index (χ3n) is 16.0. The van der Waals surface area contributed by atoms with E-state index in [-0.39, 0.29) is 81.4 Å². The molecule has 1 aliphatic carbocycles. The first-order valence-corrected chi connectivity index (χ1v) is 35.3. The summed E-state index contributed by atoms with van der Waals surface area (Å²) < 4.78 is 59.5. The Morgan fingerprint density at radius 3 is 1.94 bits per heavy atom. The molecule has 0 bridgehead atoms. The molecule has 0 fully saturated rings. The number of aliphatic imine (C=N–C) groups is 1. The molecule has 26 nitrogen and oxygen atoms in total. The molecule has 4 atom stereocenters. The number of thioether (sulfide) groups is 1. The number of guanidine groups is 1. The van der Waals surface area contributed by atoms with Crippen LogP contribution in [0.25, 0.3) is 11.1 Å². The number of benzene rings is 4. The van der Waals surface area contributed by atoms with Crippen LogP contribution in [0.15, 0.2) is 82.7 Å². The number of nitrogens with two attached hydrogens (primary N) is 2. The highest BCUT2D eigenvalue weighted by atomic mass is 35.5. The van der Waals surface area contributed by atoms with Gasteiger partial charge in [0.15, 0.2) is 0 Å². The Hall–Kier alpha value is -8.47. The molecule has 4 aromatic carbocycles. The monoisotopic (exact) mass is 1420 g/mol. The van der Waals surface area contributed by atoms with Crippen LogP contribution in [-0.2, 0) is 75.6 Å². The maximum absolute atomic E-state index is 14.8. The van der Waals surface area contributed by atoms with Gasteiger partial charge in [-0.25, -0.2) is 22.7 Å². The van der Waals surface area contributed by atoms with Crippen LogP contribution >= 0.6 is 23.4 Å². The number of nitrogens with one attached hydrogen (secondary N) is 7. The van der Waals surface area contributed by atoms with E-state index in [0.717, 1.165) is 39.6 Å². The van der Waals surface area contributed by atoms with Crippen LogP contribution in [0.1, 0.15) is 152 Å². The van der Waals surface area contributed by atoms with E-state index in [1.54, 1.807) is 86.6 Å². The van der Waals surface area contributed by atoms with E-state index in [4.69, 9.17) is 46.8 Å². The minimum Gasteiger partial charge on any atom is -0.487 e. The number of carbonyl (C=O) groups is 9. The third-order valence-corrected chi connectivity index (χ3v) is 18.8. The molecule has 0 radical (unpaired) electrons. The predicted octanol–water partition coefficient (Wildman–Crippen LogP) is 7.00. The Kier molecular flexibility index (Phi) is 28.3. The molecule has 0 spiro atoms. The lowest BCUT2D eigenvalue weighted by atomic mass is 9.88. The molecule has 0 unspecified atom stereocenters. The standard InChI is InChI=1S/C69H93ClN10O16S2/c1-40-41(2)59(42(3)44-29-31-69(10,11)96-58(40)44)98(90,91)80-64(72)73-33-20-28-51(60(84)75-36-57(83)97-34-30-55(71)81)76-62(86)53(35-56(82)95-68(7,8)9)77-63(87)54(39-94-67(4,5)6)78-61(85)52(27-18-19-32-74-65(88)92-37-43-21-12-17-26-50(43)70)79-66(89)93-38-49-47-24-15-13-22-45(47)46-23-14-16-25-48(46)49/h12-17,21-26,49,51-54H,18-20,27-39H2,1-11H3,(H2,71,81)(H,74,88)(H,75,84)(H,76,86)(H,77,87)(H,78,85)(H,79,89)(H3,72,73,80)/t51-,52-,53-,54-/m0/s1. The second-order valence-corrected chi connectivity index (χ2v) is 29.7.